The first-order valence-corrected chi connectivity index (χ1v) is 5.53. The molecule has 0 bridgehead atoms. The van der Waals surface area contributed by atoms with Gasteiger partial charge in [-0.2, -0.15) is 9.97 Å². The molecule has 0 saturated heterocycles. The number of nitrogens with two attached hydrogens (primary N) is 3. The molecule has 0 aliphatic heterocycles. The molecule has 1 rings (SSSR count). The molecule has 0 radical (unpaired) electrons. The number of rotatable bonds is 5. The van der Waals surface area contributed by atoms with E-state index in [0.717, 1.165) is 25.9 Å². The third-order valence-corrected chi connectivity index (χ3v) is 2.26. The zero-order chi connectivity index (χ0) is 12.1. The van der Waals surface area contributed by atoms with Crippen LogP contribution in [-0.2, 0) is 0 Å². The first-order chi connectivity index (χ1) is 7.60. The van der Waals surface area contributed by atoms with Gasteiger partial charge in [-0.15, -0.1) is 24.8 Å². The maximum absolute atomic E-state index is 5.87. The Morgan fingerprint density at radius 3 is 1.89 bits per heavy atom. The smallest absolute Gasteiger partial charge is 0.224 e. The van der Waals surface area contributed by atoms with Crippen LogP contribution >= 0.6 is 24.8 Å². The number of nitrogens with zero attached hydrogens (tertiary/aromatic N) is 3. The van der Waals surface area contributed by atoms with Crippen LogP contribution in [0.25, 0.3) is 0 Å². The Morgan fingerprint density at radius 2 is 1.44 bits per heavy atom. The first kappa shape index (κ1) is 19.2. The van der Waals surface area contributed by atoms with E-state index in [0.29, 0.717) is 11.5 Å². The van der Waals surface area contributed by atoms with E-state index < -0.39 is 0 Å². The Hall–Kier alpha value is -1.14. The second-order valence-corrected chi connectivity index (χ2v) is 3.69. The Bertz CT molecular complexity index is 354. The van der Waals surface area contributed by atoms with E-state index >= 15 is 0 Å². The molecule has 8 heteroatoms. The highest BCUT2D eigenvalue weighted by Gasteiger charge is 2.14. The largest absolute Gasteiger partial charge is 0.393 e. The Labute approximate surface area is 120 Å². The molecule has 6 N–H and O–H groups in total. The monoisotopic (exact) mass is 296 g/mol. The molecule has 18 heavy (non-hydrogen) atoms. The number of hydrogen-bond donors (Lipinski definition) is 3. The molecular formula is C10H22Cl2N6. The number of anilines is 4. The lowest BCUT2D eigenvalue weighted by atomic mass is 10.3. The number of nitrogen functional groups attached to an aromatic ring is 3. The van der Waals surface area contributed by atoms with Crippen LogP contribution in [0, 0.1) is 0 Å². The summed E-state index contributed by atoms with van der Waals surface area (Å²) >= 11 is 0. The predicted molar refractivity (Wildman–Crippen MR) is 82.6 cm³/mol. The third-order valence-electron chi connectivity index (χ3n) is 2.26. The van der Waals surface area contributed by atoms with Crippen molar-refractivity contribution in [1.82, 2.24) is 9.97 Å². The molecule has 1 aromatic heterocycles. The SMILES string of the molecule is CCCN(CCC)c1nc(N)nc(N)c1N.Cl.Cl. The van der Waals surface area contributed by atoms with Crippen LogP contribution in [0.4, 0.5) is 23.3 Å². The van der Waals surface area contributed by atoms with Crippen LogP contribution in [0.15, 0.2) is 0 Å². The molecule has 0 atom stereocenters. The lowest BCUT2D eigenvalue weighted by molar-refractivity contribution is 0.735. The van der Waals surface area contributed by atoms with Crippen LogP contribution in [0.1, 0.15) is 26.7 Å². The van der Waals surface area contributed by atoms with Gasteiger partial charge in [0.05, 0.1) is 0 Å². The fraction of sp³-hybridized carbons (Fsp3) is 0.600. The van der Waals surface area contributed by atoms with Crippen molar-refractivity contribution in [3.05, 3.63) is 0 Å². The van der Waals surface area contributed by atoms with E-state index in [2.05, 4.69) is 28.7 Å². The topological polar surface area (TPSA) is 107 Å². The van der Waals surface area contributed by atoms with Crippen LogP contribution in [-0.4, -0.2) is 23.1 Å². The summed E-state index contributed by atoms with van der Waals surface area (Å²) in [6.45, 7) is 5.97. The van der Waals surface area contributed by atoms with Gasteiger partial charge in [-0.1, -0.05) is 13.8 Å². The van der Waals surface area contributed by atoms with E-state index in [9.17, 15) is 0 Å². The van der Waals surface area contributed by atoms with E-state index in [1.807, 2.05) is 0 Å². The number of aromatic nitrogens is 2. The Morgan fingerprint density at radius 1 is 0.944 bits per heavy atom. The number of halogens is 2. The molecule has 0 unspecified atom stereocenters. The van der Waals surface area contributed by atoms with Crippen LogP contribution in [0.2, 0.25) is 0 Å². The molecule has 0 aliphatic rings. The lowest BCUT2D eigenvalue weighted by Crippen LogP contribution is -2.27. The molecule has 6 nitrogen and oxygen atoms in total. The van der Waals surface area contributed by atoms with Gasteiger partial charge in [-0.25, -0.2) is 0 Å². The summed E-state index contributed by atoms with van der Waals surface area (Å²) in [6, 6.07) is 0. The average Bonchev–Trinajstić information content (AvgIpc) is 2.23. The second kappa shape index (κ2) is 8.88. The summed E-state index contributed by atoms with van der Waals surface area (Å²) in [7, 11) is 0. The summed E-state index contributed by atoms with van der Waals surface area (Å²) in [5.41, 5.74) is 17.5. The van der Waals surface area contributed by atoms with E-state index in [1.54, 1.807) is 0 Å². The summed E-state index contributed by atoms with van der Waals surface area (Å²) in [6.07, 6.45) is 2.03. The average molecular weight is 297 g/mol. The Balaban J connectivity index is 0. The van der Waals surface area contributed by atoms with Gasteiger partial charge >= 0.3 is 0 Å². The van der Waals surface area contributed by atoms with E-state index in [1.165, 1.54) is 0 Å². The molecule has 106 valence electrons. The van der Waals surface area contributed by atoms with Crippen LogP contribution in [0.5, 0.6) is 0 Å². The van der Waals surface area contributed by atoms with Gasteiger partial charge in [0, 0.05) is 13.1 Å². The third kappa shape index (κ3) is 4.62. The minimum atomic E-state index is 0. The second-order valence-electron chi connectivity index (χ2n) is 3.69. The molecule has 0 aromatic carbocycles. The highest BCUT2D eigenvalue weighted by Crippen LogP contribution is 2.26. The minimum Gasteiger partial charge on any atom is -0.393 e. The van der Waals surface area contributed by atoms with Gasteiger partial charge in [0.1, 0.15) is 5.69 Å². The first-order valence-electron chi connectivity index (χ1n) is 5.53. The molecule has 1 heterocycles. The fourth-order valence-electron chi connectivity index (χ4n) is 1.60. The maximum Gasteiger partial charge on any atom is 0.224 e. The van der Waals surface area contributed by atoms with Crippen molar-refractivity contribution in [3.8, 4) is 0 Å². The normalized spacial score (nSPS) is 9.22. The summed E-state index contributed by atoms with van der Waals surface area (Å²) in [4.78, 5) is 10.1. The van der Waals surface area contributed by atoms with Gasteiger partial charge in [-0.3, -0.25) is 0 Å². The van der Waals surface area contributed by atoms with Crippen molar-refractivity contribution in [1.29, 1.82) is 0 Å². The van der Waals surface area contributed by atoms with Crippen LogP contribution < -0.4 is 22.1 Å². The molecule has 0 aliphatic carbocycles. The summed E-state index contributed by atoms with van der Waals surface area (Å²) in [5.74, 6) is 1.06. The van der Waals surface area contributed by atoms with Gasteiger partial charge in [0.2, 0.25) is 5.95 Å². The van der Waals surface area contributed by atoms with E-state index in [4.69, 9.17) is 17.2 Å². The summed E-state index contributed by atoms with van der Waals surface area (Å²) in [5, 5.41) is 0. The van der Waals surface area contributed by atoms with Gasteiger partial charge in [0.25, 0.3) is 0 Å². The van der Waals surface area contributed by atoms with Crippen molar-refractivity contribution >= 4 is 48.1 Å². The molecule has 0 fully saturated rings. The van der Waals surface area contributed by atoms with Gasteiger partial charge < -0.3 is 22.1 Å². The summed E-state index contributed by atoms with van der Waals surface area (Å²) < 4.78 is 0. The van der Waals surface area contributed by atoms with Gasteiger partial charge in [0.15, 0.2) is 11.6 Å². The highest BCUT2D eigenvalue weighted by atomic mass is 35.5. The zero-order valence-corrected chi connectivity index (χ0v) is 12.4. The van der Waals surface area contributed by atoms with Crippen molar-refractivity contribution < 1.29 is 0 Å². The Kier molecular flexibility index (Phi) is 9.47. The fourth-order valence-corrected chi connectivity index (χ4v) is 1.60. The quantitative estimate of drug-likeness (QED) is 0.763. The zero-order valence-electron chi connectivity index (χ0n) is 10.7. The van der Waals surface area contributed by atoms with Gasteiger partial charge in [-0.05, 0) is 12.8 Å². The highest BCUT2D eigenvalue weighted by molar-refractivity contribution is 5.85. The lowest BCUT2D eigenvalue weighted by Gasteiger charge is -2.24. The van der Waals surface area contributed by atoms with Crippen molar-refractivity contribution in [2.45, 2.75) is 26.7 Å². The standard InChI is InChI=1S/C10H20N6.2ClH/c1-3-5-16(6-4-2)9-7(11)8(12)14-10(13)15-9;;/h3-6,11H2,1-2H3,(H4,12,13,14,15);2*1H. The molecule has 0 saturated carbocycles. The molecule has 0 spiro atoms. The van der Waals surface area contributed by atoms with E-state index in [-0.39, 0.29) is 36.6 Å². The van der Waals surface area contributed by atoms with Crippen molar-refractivity contribution in [2.24, 2.45) is 0 Å². The van der Waals surface area contributed by atoms with Crippen molar-refractivity contribution in [3.63, 3.8) is 0 Å². The molecule has 0 amide bonds. The number of hydrogen-bond acceptors (Lipinski definition) is 6. The molecular weight excluding hydrogens is 275 g/mol. The van der Waals surface area contributed by atoms with Crippen molar-refractivity contribution in [2.75, 3.05) is 35.2 Å². The predicted octanol–water partition coefficient (Wildman–Crippen LogP) is 1.69. The molecule has 1 aromatic rings. The van der Waals surface area contributed by atoms with Crippen LogP contribution in [0.3, 0.4) is 0 Å². The maximum atomic E-state index is 5.87. The minimum absolute atomic E-state index is 0.